The van der Waals surface area contributed by atoms with E-state index in [0.29, 0.717) is 0 Å². The van der Waals surface area contributed by atoms with Crippen LogP contribution in [-0.4, -0.2) is 0 Å². The van der Waals surface area contributed by atoms with Gasteiger partial charge >= 0.3 is 0 Å². The molecule has 0 fully saturated rings. The standard InChI is InChI=1S/2N.3S. The molecule has 0 unspecified atom stereocenters. The van der Waals surface area contributed by atoms with Gasteiger partial charge in [0.25, 0.3) is 0 Å². The van der Waals surface area contributed by atoms with E-state index >= 15 is 0 Å². The Morgan fingerprint density at radius 3 is 0.400 bits per heavy atom. The molecule has 5 heteroatoms. The summed E-state index contributed by atoms with van der Waals surface area (Å²) in [5.74, 6) is 0. The third-order valence-electron chi connectivity index (χ3n) is 0. The first-order valence-corrected chi connectivity index (χ1v) is 0. The molecule has 0 atom stereocenters. The molecule has 0 spiro atoms. The minimum absolute atomic E-state index is 0. The average Bonchev–Trinajstić information content (AvgIpc) is 0. The maximum Gasteiger partial charge on any atom is 0 e. The van der Waals surface area contributed by atoms with E-state index in [2.05, 4.69) is 0 Å². The van der Waals surface area contributed by atoms with Gasteiger partial charge in [0.1, 0.15) is 0 Å². The highest BCUT2D eigenvalue weighted by molar-refractivity contribution is 7.59. The van der Waals surface area contributed by atoms with E-state index in [-0.39, 0.29) is 52.8 Å². The summed E-state index contributed by atoms with van der Waals surface area (Å²) in [6.07, 6.45) is 0. The zero-order valence-electron chi connectivity index (χ0n) is 2.12. The molecule has 0 aliphatic heterocycles. The van der Waals surface area contributed by atoms with E-state index in [1.54, 1.807) is 0 Å². The van der Waals surface area contributed by atoms with E-state index in [9.17, 15) is 0 Å². The molecule has 0 amide bonds. The fraction of sp³-hybridized carbons (Fsp3) is 0. The van der Waals surface area contributed by atoms with Crippen LogP contribution in [0.25, 0.3) is 0 Å². The van der Waals surface area contributed by atoms with Crippen molar-refractivity contribution in [3.8, 4) is 0 Å². The van der Waals surface area contributed by atoms with Gasteiger partial charge in [0.15, 0.2) is 0 Å². The largest absolute Gasteiger partial charge is 0 e. The highest BCUT2D eigenvalue weighted by Crippen LogP contribution is 0.650. The molecular formula is N2S3. The topological polar surface area (TPSA) is 61.0 Å². The van der Waals surface area contributed by atoms with Gasteiger partial charge in [0, 0.05) is 52.8 Å². The van der Waals surface area contributed by atoms with Crippen LogP contribution in [0.3, 0.4) is 0 Å². The molecule has 0 aliphatic rings. The molecule has 2 nitrogen and oxygen atoms in total. The van der Waals surface area contributed by atoms with E-state index in [0.717, 1.165) is 0 Å². The molecule has 0 aromatic rings. The molecule has 0 saturated heterocycles. The third kappa shape index (κ3) is 46.6. The maximum atomic E-state index is 0. The average molecular weight is 124 g/mol. The van der Waals surface area contributed by atoms with Crippen molar-refractivity contribution in [1.29, 1.82) is 0 Å². The Bertz CT molecular complexity index is 4.85. The zero-order valence-corrected chi connectivity index (χ0v) is 4.57. The highest BCUT2D eigenvalue weighted by atomic mass is 32.1. The van der Waals surface area contributed by atoms with Crippen molar-refractivity contribution in [3.63, 3.8) is 0 Å². The van der Waals surface area contributed by atoms with Crippen LogP contribution in [0.2, 0.25) is 0 Å². The van der Waals surface area contributed by atoms with Crippen molar-refractivity contribution in [1.82, 2.24) is 12.3 Å². The van der Waals surface area contributed by atoms with Crippen LogP contribution in [0.1, 0.15) is 0 Å². The molecule has 0 bridgehead atoms. The normalized spacial score (nSPS) is 0. The summed E-state index contributed by atoms with van der Waals surface area (Å²) in [6.45, 7) is 0. The molecular weight excluding hydrogens is 124 g/mol. The lowest BCUT2D eigenvalue weighted by Gasteiger charge is -0.00100. The molecule has 0 aromatic heterocycles. The van der Waals surface area contributed by atoms with Crippen LogP contribution in [-0.2, 0) is 0 Å². The van der Waals surface area contributed by atoms with Crippen LogP contribution in [0.4, 0.5) is 0 Å². The molecule has 5 heavy (non-hydrogen) atoms. The number of hydrogen-bond donors (Lipinski definition) is 0. The van der Waals surface area contributed by atoms with Gasteiger partial charge in [-0.05, 0) is 0 Å². The number of nitrogens with zero attached hydrogens (tertiary/aromatic N) is 2. The lowest BCUT2D eigenvalue weighted by atomic mass is 14.0. The van der Waals surface area contributed by atoms with Crippen molar-refractivity contribution in [3.05, 3.63) is 0 Å². The highest BCUT2D eigenvalue weighted by Gasteiger charge is 0.00400. The Morgan fingerprint density at radius 1 is 0.400 bits per heavy atom. The van der Waals surface area contributed by atoms with Gasteiger partial charge in [-0.3, -0.25) is 0 Å². The van der Waals surface area contributed by atoms with Crippen molar-refractivity contribution in [2.24, 2.45) is 0 Å². The molecule has 0 saturated carbocycles. The Balaban J connectivity index is 0. The van der Waals surface area contributed by atoms with Crippen LogP contribution >= 0.6 is 40.5 Å². The fourth-order valence-electron chi connectivity index (χ4n) is 0. The first-order valence-electron chi connectivity index (χ1n) is 0. The van der Waals surface area contributed by atoms with Crippen LogP contribution in [0, 0.1) is 0 Å². The molecule has 0 heterocycles. The summed E-state index contributed by atoms with van der Waals surface area (Å²) < 4.78 is 0. The summed E-state index contributed by atoms with van der Waals surface area (Å²) in [4.78, 5) is 0. The molecule has 0 aliphatic carbocycles. The van der Waals surface area contributed by atoms with E-state index in [1.807, 2.05) is 0 Å². The summed E-state index contributed by atoms with van der Waals surface area (Å²) >= 11 is 0. The number of rotatable bonds is 0. The minimum Gasteiger partial charge on any atom is 0 e. The van der Waals surface area contributed by atoms with Gasteiger partial charge in [0.2, 0.25) is 0 Å². The Labute approximate surface area is 53.2 Å². The van der Waals surface area contributed by atoms with Gasteiger partial charge in [-0.1, -0.05) is 0 Å². The van der Waals surface area contributed by atoms with Crippen molar-refractivity contribution in [2.45, 2.75) is 0 Å². The first-order chi connectivity index (χ1) is 0. The zero-order chi connectivity index (χ0) is 0. The SMILES string of the molecule is [N].[N].[S].[S].[S]. The third-order valence-corrected chi connectivity index (χ3v) is 0. The first kappa shape index (κ1) is 157. The van der Waals surface area contributed by atoms with Crippen molar-refractivity contribution in [2.75, 3.05) is 0 Å². The molecule has 12 radical (unpaired) electrons. The van der Waals surface area contributed by atoms with Gasteiger partial charge in [0.05, 0.1) is 0 Å². The minimum atomic E-state index is 0. The molecule has 0 N–H and O–H groups in total. The lowest BCUT2D eigenvalue weighted by Crippen LogP contribution is -0.482. The molecule has 0 aromatic carbocycles. The van der Waals surface area contributed by atoms with Gasteiger partial charge < -0.3 is 0 Å². The van der Waals surface area contributed by atoms with E-state index in [4.69, 9.17) is 0 Å². The molecule has 0 rings (SSSR count). The second kappa shape index (κ2) is 83.3. The quantitative estimate of drug-likeness (QED) is 0.462. The smallest absolute Gasteiger partial charge is 0 e. The Hall–Kier alpha value is 0.970. The Kier molecular flexibility index (Phi) is 2610. The summed E-state index contributed by atoms with van der Waals surface area (Å²) in [6, 6.07) is 0. The van der Waals surface area contributed by atoms with E-state index in [1.165, 1.54) is 0 Å². The summed E-state index contributed by atoms with van der Waals surface area (Å²) in [5, 5.41) is 0. The fourth-order valence-corrected chi connectivity index (χ4v) is 0. The monoisotopic (exact) mass is 124 g/mol. The van der Waals surface area contributed by atoms with Crippen LogP contribution in [0.5, 0.6) is 0 Å². The van der Waals surface area contributed by atoms with Gasteiger partial charge in [-0.15, -0.1) is 0 Å². The lowest BCUT2D eigenvalue weighted by molar-refractivity contribution is 2.13. The van der Waals surface area contributed by atoms with Gasteiger partial charge in [-0.25, -0.2) is 0 Å². The maximum absolute atomic E-state index is 0. The predicted molar refractivity (Wildman–Crippen MR) is 27.0 cm³/mol. The Morgan fingerprint density at radius 2 is 0.400 bits per heavy atom. The predicted octanol–water partition coefficient (Wildman–Crippen LogP) is 0.983. The second-order valence-electron chi connectivity index (χ2n) is 0. The van der Waals surface area contributed by atoms with E-state index < -0.39 is 0 Å². The summed E-state index contributed by atoms with van der Waals surface area (Å²) in [7, 11) is 0. The molecule has 28 valence electrons. The van der Waals surface area contributed by atoms with Crippen molar-refractivity contribution >= 4 is 40.5 Å². The van der Waals surface area contributed by atoms with Gasteiger partial charge in [-0.2, -0.15) is 0 Å². The van der Waals surface area contributed by atoms with Crippen LogP contribution < -0.4 is 12.3 Å². The van der Waals surface area contributed by atoms with Crippen molar-refractivity contribution < 1.29 is 0 Å². The number of hydrogen-bond acceptors (Lipinski definition) is 0. The second-order valence-corrected chi connectivity index (χ2v) is 0. The van der Waals surface area contributed by atoms with Crippen LogP contribution in [0.15, 0.2) is 0 Å². The summed E-state index contributed by atoms with van der Waals surface area (Å²) in [5.41, 5.74) is 0.